The molecule has 0 aliphatic heterocycles. The van der Waals surface area contributed by atoms with E-state index in [-0.39, 0.29) is 0 Å². The highest BCUT2D eigenvalue weighted by Crippen LogP contribution is 2.46. The van der Waals surface area contributed by atoms with Crippen molar-refractivity contribution in [1.82, 2.24) is 0 Å². The van der Waals surface area contributed by atoms with Gasteiger partial charge in [-0.3, -0.25) is 0 Å². The fourth-order valence-electron chi connectivity index (χ4n) is 8.35. The zero-order chi connectivity index (χ0) is 33.7. The summed E-state index contributed by atoms with van der Waals surface area (Å²) < 4.78 is 0. The van der Waals surface area contributed by atoms with Crippen molar-refractivity contribution in [2.75, 3.05) is 0 Å². The van der Waals surface area contributed by atoms with Gasteiger partial charge in [-0.25, -0.2) is 0 Å². The quantitative estimate of drug-likeness (QED) is 0.0977. The van der Waals surface area contributed by atoms with Crippen molar-refractivity contribution in [3.05, 3.63) is 194 Å². The van der Waals surface area contributed by atoms with Crippen molar-refractivity contribution in [2.24, 2.45) is 0 Å². The van der Waals surface area contributed by atoms with E-state index < -0.39 is 9.52 Å². The van der Waals surface area contributed by atoms with Gasteiger partial charge in [0.15, 0.2) is 0 Å². The van der Waals surface area contributed by atoms with Crippen LogP contribution in [-0.4, -0.2) is 9.52 Å². The van der Waals surface area contributed by atoms with E-state index >= 15 is 0 Å². The first-order valence-corrected chi connectivity index (χ1v) is 19.2. The largest absolute Gasteiger partial charge is 0.0875 e. The Bertz CT molecular complexity index is 2930. The van der Waals surface area contributed by atoms with Crippen LogP contribution in [0.15, 0.2) is 194 Å². The van der Waals surface area contributed by atoms with Crippen LogP contribution in [0.4, 0.5) is 0 Å². The summed E-state index contributed by atoms with van der Waals surface area (Å²) in [5.41, 5.74) is 7.65. The summed E-state index contributed by atoms with van der Waals surface area (Å²) in [6.07, 6.45) is 0. The first kappa shape index (κ1) is 29.6. The molecule has 0 unspecified atom stereocenters. The predicted octanol–water partition coefficient (Wildman–Crippen LogP) is 11.6. The average Bonchev–Trinajstić information content (AvgIpc) is 3.20. The molecule has 51 heavy (non-hydrogen) atoms. The Morgan fingerprint density at radius 2 is 0.843 bits per heavy atom. The lowest BCUT2D eigenvalue weighted by atomic mass is 9.83. The zero-order valence-corrected chi connectivity index (χ0v) is 29.6. The predicted molar refractivity (Wildman–Crippen MR) is 225 cm³/mol. The third kappa shape index (κ3) is 5.05. The summed E-state index contributed by atoms with van der Waals surface area (Å²) in [5.74, 6) is 0. The molecule has 0 heterocycles. The number of hydrogen-bond donors (Lipinski definition) is 0. The molecule has 0 nitrogen and oxygen atoms in total. The van der Waals surface area contributed by atoms with E-state index in [2.05, 4.69) is 194 Å². The Hall–Kier alpha value is -6.28. The number of hydrogen-bond acceptors (Lipinski definition) is 0. The molecule has 0 amide bonds. The molecule has 0 bridgehead atoms. The highest BCUT2D eigenvalue weighted by Gasteiger charge is 2.20. The van der Waals surface area contributed by atoms with Gasteiger partial charge < -0.3 is 0 Å². The smallest absolute Gasteiger partial charge is 0.0633 e. The van der Waals surface area contributed by atoms with Gasteiger partial charge in [0.2, 0.25) is 0 Å². The molecule has 10 rings (SSSR count). The van der Waals surface area contributed by atoms with Gasteiger partial charge in [0.25, 0.3) is 0 Å². The van der Waals surface area contributed by atoms with Gasteiger partial charge in [0.05, 0.1) is 9.52 Å². The lowest BCUT2D eigenvalue weighted by Crippen LogP contribution is -2.26. The maximum Gasteiger partial charge on any atom is 0.0875 e. The molecule has 0 aliphatic carbocycles. The molecular formula is C50H34Si. The summed E-state index contributed by atoms with van der Waals surface area (Å²) in [7, 11) is -0.679. The first-order valence-electron chi connectivity index (χ1n) is 17.8. The van der Waals surface area contributed by atoms with Gasteiger partial charge >= 0.3 is 0 Å². The van der Waals surface area contributed by atoms with E-state index in [0.717, 1.165) is 0 Å². The van der Waals surface area contributed by atoms with Gasteiger partial charge in [0, 0.05) is 0 Å². The lowest BCUT2D eigenvalue weighted by molar-refractivity contribution is 1.63. The van der Waals surface area contributed by atoms with Crippen LogP contribution >= 0.6 is 0 Å². The Kier molecular flexibility index (Phi) is 7.11. The molecule has 0 spiro atoms. The van der Waals surface area contributed by atoms with Crippen LogP contribution in [0.5, 0.6) is 0 Å². The molecule has 10 aromatic rings. The summed E-state index contributed by atoms with van der Waals surface area (Å²) in [6, 6.07) is 72.2. The van der Waals surface area contributed by atoms with Crippen LogP contribution in [0.1, 0.15) is 0 Å². The molecular weight excluding hydrogens is 629 g/mol. The summed E-state index contributed by atoms with van der Waals surface area (Å²) >= 11 is 0. The molecule has 0 N–H and O–H groups in total. The van der Waals surface area contributed by atoms with Crippen molar-refractivity contribution < 1.29 is 0 Å². The summed E-state index contributed by atoms with van der Waals surface area (Å²) in [6.45, 7) is 0. The summed E-state index contributed by atoms with van der Waals surface area (Å²) in [5, 5.41) is 15.8. The topological polar surface area (TPSA) is 0 Å². The minimum Gasteiger partial charge on any atom is -0.0633 e. The SMILES string of the molecule is c1ccc([SiH2]c2ccc3c(-c4cc5ccccc5c5ccccc45)c4ccccc4c(-c4cccc(-c5cccc6ccccc56)c4)c3c2)cc1. The van der Waals surface area contributed by atoms with Crippen molar-refractivity contribution >= 4 is 73.8 Å². The van der Waals surface area contributed by atoms with E-state index in [4.69, 9.17) is 0 Å². The Labute approximate surface area is 300 Å². The van der Waals surface area contributed by atoms with Crippen molar-refractivity contribution in [1.29, 1.82) is 0 Å². The van der Waals surface area contributed by atoms with Crippen LogP contribution in [-0.2, 0) is 0 Å². The van der Waals surface area contributed by atoms with Gasteiger partial charge in [-0.1, -0.05) is 192 Å². The second-order valence-electron chi connectivity index (χ2n) is 13.6. The normalized spacial score (nSPS) is 11.8. The molecule has 0 radical (unpaired) electrons. The minimum absolute atomic E-state index is 0.679. The van der Waals surface area contributed by atoms with E-state index in [1.807, 2.05) is 0 Å². The standard InChI is InChI=1S/C50H34Si/c1-2-19-37(20-3-1)51-38-28-29-46-48(32-38)49(36-18-12-17-34(30-36)40-27-13-16-33-14-4-6-21-39(33)40)44-25-10-11-26-45(44)50(46)47-31-35-15-5-7-22-41(35)42-23-8-9-24-43(42)47/h1-32H,51H2. The Balaban J connectivity index is 1.30. The number of rotatable bonds is 5. The average molecular weight is 663 g/mol. The fraction of sp³-hybridized carbons (Fsp3) is 0. The van der Waals surface area contributed by atoms with E-state index in [1.54, 1.807) is 0 Å². The molecule has 0 atom stereocenters. The molecule has 1 heteroatoms. The van der Waals surface area contributed by atoms with Crippen LogP contribution < -0.4 is 10.4 Å². The fourth-order valence-corrected chi connectivity index (χ4v) is 9.87. The third-order valence-electron chi connectivity index (χ3n) is 10.6. The highest BCUT2D eigenvalue weighted by molar-refractivity contribution is 6.67. The maximum absolute atomic E-state index is 2.52. The molecule has 0 saturated carbocycles. The van der Waals surface area contributed by atoms with Crippen molar-refractivity contribution in [3.63, 3.8) is 0 Å². The van der Waals surface area contributed by atoms with Crippen LogP contribution in [0, 0.1) is 0 Å². The third-order valence-corrected chi connectivity index (χ3v) is 12.4. The minimum atomic E-state index is -0.679. The molecule has 238 valence electrons. The zero-order valence-electron chi connectivity index (χ0n) is 28.2. The Morgan fingerprint density at radius 1 is 0.255 bits per heavy atom. The molecule has 0 saturated heterocycles. The van der Waals surface area contributed by atoms with Crippen molar-refractivity contribution in [2.45, 2.75) is 0 Å². The Morgan fingerprint density at radius 3 is 1.67 bits per heavy atom. The van der Waals surface area contributed by atoms with Crippen molar-refractivity contribution in [3.8, 4) is 33.4 Å². The van der Waals surface area contributed by atoms with Gasteiger partial charge in [-0.15, -0.1) is 0 Å². The van der Waals surface area contributed by atoms with Gasteiger partial charge in [-0.2, -0.15) is 0 Å². The van der Waals surface area contributed by atoms with E-state index in [0.29, 0.717) is 0 Å². The van der Waals surface area contributed by atoms with Crippen LogP contribution in [0.2, 0.25) is 0 Å². The van der Waals surface area contributed by atoms with Crippen LogP contribution in [0.25, 0.3) is 87.2 Å². The molecule has 0 aromatic heterocycles. The second-order valence-corrected chi connectivity index (χ2v) is 15.6. The van der Waals surface area contributed by atoms with E-state index in [9.17, 15) is 0 Å². The molecule has 0 aliphatic rings. The summed E-state index contributed by atoms with van der Waals surface area (Å²) in [4.78, 5) is 0. The molecule has 10 aromatic carbocycles. The monoisotopic (exact) mass is 662 g/mol. The number of fused-ring (bicyclic) bond motifs is 6. The maximum atomic E-state index is 2.52. The second kappa shape index (κ2) is 12.2. The lowest BCUT2D eigenvalue weighted by Gasteiger charge is -2.21. The molecule has 0 fully saturated rings. The van der Waals surface area contributed by atoms with Gasteiger partial charge in [-0.05, 0) is 99.4 Å². The van der Waals surface area contributed by atoms with E-state index in [1.165, 1.54) is 97.6 Å². The first-order chi connectivity index (χ1) is 25.3. The van der Waals surface area contributed by atoms with Gasteiger partial charge in [0.1, 0.15) is 0 Å². The highest BCUT2D eigenvalue weighted by atomic mass is 28.2. The number of benzene rings is 10. The van der Waals surface area contributed by atoms with Crippen LogP contribution in [0.3, 0.4) is 0 Å².